The van der Waals surface area contributed by atoms with Gasteiger partial charge in [-0.15, -0.1) is 11.3 Å². The minimum atomic E-state index is 0.946. The summed E-state index contributed by atoms with van der Waals surface area (Å²) >= 11 is 1.65. The van der Waals surface area contributed by atoms with Gasteiger partial charge in [-0.25, -0.2) is 9.97 Å². The molecule has 1 N–H and O–H groups in total. The predicted molar refractivity (Wildman–Crippen MR) is 61.9 cm³/mol. The first-order valence-electron chi connectivity index (χ1n) is 4.69. The lowest BCUT2D eigenvalue weighted by Gasteiger charge is -1.95. The summed E-state index contributed by atoms with van der Waals surface area (Å²) in [6.45, 7) is 1.96. The zero-order chi connectivity index (χ0) is 10.3. The molecule has 2 heterocycles. The van der Waals surface area contributed by atoms with Crippen molar-refractivity contribution in [2.75, 3.05) is 0 Å². The molecular weight excluding hydrogens is 206 g/mol. The highest BCUT2D eigenvalue weighted by Gasteiger charge is 2.03. The van der Waals surface area contributed by atoms with Crippen molar-refractivity contribution in [1.29, 1.82) is 0 Å². The van der Waals surface area contributed by atoms with E-state index in [0.29, 0.717) is 0 Å². The monoisotopic (exact) mass is 215 g/mol. The average Bonchev–Trinajstić information content (AvgIpc) is 2.82. The minimum Gasteiger partial charge on any atom is -0.342 e. The van der Waals surface area contributed by atoms with Gasteiger partial charge >= 0.3 is 0 Å². The van der Waals surface area contributed by atoms with E-state index in [1.807, 2.05) is 24.6 Å². The van der Waals surface area contributed by atoms with Crippen LogP contribution in [0.2, 0.25) is 0 Å². The van der Waals surface area contributed by atoms with Crippen molar-refractivity contribution in [2.24, 2.45) is 0 Å². The van der Waals surface area contributed by atoms with E-state index in [4.69, 9.17) is 0 Å². The number of benzene rings is 1. The third kappa shape index (κ3) is 1.43. The number of nitrogens with zero attached hydrogens (tertiary/aromatic N) is 2. The van der Waals surface area contributed by atoms with Crippen LogP contribution in [-0.2, 0) is 0 Å². The van der Waals surface area contributed by atoms with Crippen molar-refractivity contribution in [3.63, 3.8) is 0 Å². The van der Waals surface area contributed by atoms with E-state index in [9.17, 15) is 0 Å². The molecule has 3 rings (SSSR count). The molecule has 0 atom stereocenters. The molecule has 0 spiro atoms. The van der Waals surface area contributed by atoms with Gasteiger partial charge < -0.3 is 4.98 Å². The standard InChI is InChI=1S/C11H9N3S/c1-7-13-9-3-2-8(6-10(9)14-7)11-12-4-5-15-11/h2-6H,1H3,(H,13,14). The van der Waals surface area contributed by atoms with Gasteiger partial charge in [-0.3, -0.25) is 0 Å². The van der Waals surface area contributed by atoms with E-state index in [0.717, 1.165) is 27.4 Å². The number of fused-ring (bicyclic) bond motifs is 1. The summed E-state index contributed by atoms with van der Waals surface area (Å²) in [6, 6.07) is 6.17. The first-order valence-corrected chi connectivity index (χ1v) is 5.57. The Hall–Kier alpha value is -1.68. The Labute approximate surface area is 90.8 Å². The summed E-state index contributed by atoms with van der Waals surface area (Å²) < 4.78 is 0. The Morgan fingerprint density at radius 3 is 3.07 bits per heavy atom. The number of aryl methyl sites for hydroxylation is 1. The number of thiazole rings is 1. The van der Waals surface area contributed by atoms with Crippen LogP contribution in [0.5, 0.6) is 0 Å². The molecule has 15 heavy (non-hydrogen) atoms. The molecule has 3 nitrogen and oxygen atoms in total. The van der Waals surface area contributed by atoms with Crippen LogP contribution >= 0.6 is 11.3 Å². The molecule has 0 aliphatic heterocycles. The van der Waals surface area contributed by atoms with Gasteiger partial charge in [0.1, 0.15) is 10.8 Å². The molecule has 0 aliphatic rings. The molecular formula is C11H9N3S. The van der Waals surface area contributed by atoms with Crippen LogP contribution in [0.15, 0.2) is 29.8 Å². The summed E-state index contributed by atoms with van der Waals surface area (Å²) in [4.78, 5) is 11.9. The van der Waals surface area contributed by atoms with Crippen molar-refractivity contribution in [3.8, 4) is 10.6 Å². The molecule has 0 bridgehead atoms. The van der Waals surface area contributed by atoms with E-state index in [2.05, 4.69) is 27.1 Å². The van der Waals surface area contributed by atoms with Crippen LogP contribution < -0.4 is 0 Å². The van der Waals surface area contributed by atoms with Gasteiger partial charge in [0.05, 0.1) is 11.0 Å². The molecule has 0 fully saturated rings. The minimum absolute atomic E-state index is 0.946. The van der Waals surface area contributed by atoms with Crippen LogP contribution in [0.3, 0.4) is 0 Å². The highest BCUT2D eigenvalue weighted by molar-refractivity contribution is 7.13. The zero-order valence-electron chi connectivity index (χ0n) is 8.19. The number of imidazole rings is 1. The lowest BCUT2D eigenvalue weighted by molar-refractivity contribution is 1.17. The lowest BCUT2D eigenvalue weighted by Crippen LogP contribution is -1.76. The maximum absolute atomic E-state index is 4.36. The second-order valence-electron chi connectivity index (χ2n) is 3.39. The molecule has 0 amide bonds. The molecule has 1 aromatic carbocycles. The molecule has 0 radical (unpaired) electrons. The van der Waals surface area contributed by atoms with Crippen molar-refractivity contribution < 1.29 is 0 Å². The number of hydrogen-bond acceptors (Lipinski definition) is 3. The first-order chi connectivity index (χ1) is 7.33. The molecule has 2 aromatic heterocycles. The second-order valence-corrected chi connectivity index (χ2v) is 4.29. The number of hydrogen-bond donors (Lipinski definition) is 1. The van der Waals surface area contributed by atoms with Crippen molar-refractivity contribution in [2.45, 2.75) is 6.92 Å². The van der Waals surface area contributed by atoms with Gasteiger partial charge in [-0.2, -0.15) is 0 Å². The summed E-state index contributed by atoms with van der Waals surface area (Å²) in [5.41, 5.74) is 3.22. The van der Waals surface area contributed by atoms with Crippen LogP contribution in [0.25, 0.3) is 21.6 Å². The Balaban J connectivity index is 2.21. The van der Waals surface area contributed by atoms with Crippen LogP contribution in [-0.4, -0.2) is 15.0 Å². The second kappa shape index (κ2) is 3.17. The van der Waals surface area contributed by atoms with Gasteiger partial charge in [0.2, 0.25) is 0 Å². The largest absolute Gasteiger partial charge is 0.342 e. The molecule has 3 aromatic rings. The topological polar surface area (TPSA) is 41.6 Å². The molecule has 0 aliphatic carbocycles. The van der Waals surface area contributed by atoms with Gasteiger partial charge in [0.25, 0.3) is 0 Å². The van der Waals surface area contributed by atoms with Gasteiger partial charge in [-0.05, 0) is 25.1 Å². The number of H-pyrrole nitrogens is 1. The molecule has 74 valence electrons. The van der Waals surface area contributed by atoms with E-state index in [1.54, 1.807) is 11.3 Å². The number of aromatic amines is 1. The summed E-state index contributed by atoms with van der Waals surface area (Å²) in [5.74, 6) is 0.946. The van der Waals surface area contributed by atoms with Crippen LogP contribution in [0.1, 0.15) is 5.82 Å². The third-order valence-corrected chi connectivity index (χ3v) is 3.10. The first kappa shape index (κ1) is 8.61. The molecule has 4 heteroatoms. The van der Waals surface area contributed by atoms with Crippen molar-refractivity contribution in [1.82, 2.24) is 15.0 Å². The summed E-state index contributed by atoms with van der Waals surface area (Å²) in [7, 11) is 0. The smallest absolute Gasteiger partial charge is 0.123 e. The Kier molecular flexibility index (Phi) is 1.82. The maximum Gasteiger partial charge on any atom is 0.123 e. The average molecular weight is 215 g/mol. The van der Waals surface area contributed by atoms with E-state index in [1.165, 1.54) is 0 Å². The van der Waals surface area contributed by atoms with Gasteiger partial charge in [0, 0.05) is 17.1 Å². The molecule has 0 saturated carbocycles. The number of rotatable bonds is 1. The SMILES string of the molecule is Cc1nc2ccc(-c3nccs3)cc2[nH]1. The van der Waals surface area contributed by atoms with E-state index in [-0.39, 0.29) is 0 Å². The van der Waals surface area contributed by atoms with Gasteiger partial charge in [-0.1, -0.05) is 0 Å². The Morgan fingerprint density at radius 1 is 1.33 bits per heavy atom. The van der Waals surface area contributed by atoms with Crippen LogP contribution in [0, 0.1) is 6.92 Å². The Bertz CT molecular complexity index is 595. The van der Waals surface area contributed by atoms with E-state index < -0.39 is 0 Å². The summed E-state index contributed by atoms with van der Waals surface area (Å²) in [6.07, 6.45) is 1.82. The predicted octanol–water partition coefficient (Wildman–Crippen LogP) is 2.99. The highest BCUT2D eigenvalue weighted by Crippen LogP contribution is 2.24. The lowest BCUT2D eigenvalue weighted by atomic mass is 10.2. The fourth-order valence-corrected chi connectivity index (χ4v) is 2.27. The molecule has 0 unspecified atom stereocenters. The fraction of sp³-hybridized carbons (Fsp3) is 0.0909. The maximum atomic E-state index is 4.36. The van der Waals surface area contributed by atoms with Crippen molar-refractivity contribution in [3.05, 3.63) is 35.6 Å². The highest BCUT2D eigenvalue weighted by atomic mass is 32.1. The molecule has 0 saturated heterocycles. The number of aromatic nitrogens is 3. The van der Waals surface area contributed by atoms with Gasteiger partial charge in [0.15, 0.2) is 0 Å². The van der Waals surface area contributed by atoms with Crippen LogP contribution in [0.4, 0.5) is 0 Å². The van der Waals surface area contributed by atoms with Crippen molar-refractivity contribution >= 4 is 22.4 Å². The third-order valence-electron chi connectivity index (χ3n) is 2.28. The number of nitrogens with one attached hydrogen (secondary N) is 1. The summed E-state index contributed by atoms with van der Waals surface area (Å²) in [5, 5.41) is 3.03. The fourth-order valence-electron chi connectivity index (χ4n) is 1.64. The van der Waals surface area contributed by atoms with E-state index >= 15 is 0 Å². The quantitative estimate of drug-likeness (QED) is 0.678. The zero-order valence-corrected chi connectivity index (χ0v) is 9.01. The normalized spacial score (nSPS) is 11.0. The Morgan fingerprint density at radius 2 is 2.27 bits per heavy atom.